The number of ether oxygens (including phenoxy) is 2. The first kappa shape index (κ1) is 25.0. The molecule has 0 bridgehead atoms. The third-order valence-electron chi connectivity index (χ3n) is 7.53. The summed E-state index contributed by atoms with van der Waals surface area (Å²) in [7, 11) is 0. The van der Waals surface area contributed by atoms with E-state index >= 15 is 0 Å². The van der Waals surface area contributed by atoms with E-state index in [0.29, 0.717) is 33.2 Å². The summed E-state index contributed by atoms with van der Waals surface area (Å²) in [6, 6.07) is 29.2. The summed E-state index contributed by atoms with van der Waals surface area (Å²) in [6.07, 6.45) is 0. The van der Waals surface area contributed by atoms with E-state index in [2.05, 4.69) is 16.3 Å². The third-order valence-corrected chi connectivity index (χ3v) is 8.27. The van der Waals surface area contributed by atoms with E-state index in [1.54, 1.807) is 0 Å². The lowest BCUT2D eigenvalue weighted by Crippen LogP contribution is -2.46. The van der Waals surface area contributed by atoms with Crippen molar-refractivity contribution in [3.8, 4) is 17.2 Å². The number of hydrogen-bond donors (Lipinski definition) is 1. The summed E-state index contributed by atoms with van der Waals surface area (Å²) in [5.41, 5.74) is 6.21. The Balaban J connectivity index is 1.37. The molecule has 10 heteroatoms. The van der Waals surface area contributed by atoms with Crippen LogP contribution in [0.3, 0.4) is 0 Å². The second-order valence-corrected chi connectivity index (χ2v) is 10.9. The zero-order chi connectivity index (χ0) is 28.4. The fourth-order valence-electron chi connectivity index (χ4n) is 5.66. The van der Waals surface area contributed by atoms with E-state index in [-0.39, 0.29) is 12.8 Å². The summed E-state index contributed by atoms with van der Waals surface area (Å²) < 4.78 is 13.0. The Labute approximate surface area is 251 Å². The number of aryl methyl sites for hydroxylation is 1. The molecule has 3 aliphatic heterocycles. The molecule has 42 heavy (non-hydrogen) atoms. The molecule has 5 aromatic rings. The van der Waals surface area contributed by atoms with Crippen LogP contribution in [0.4, 0.5) is 22.9 Å². The van der Waals surface area contributed by atoms with Crippen LogP contribution < -0.4 is 19.7 Å². The molecule has 4 aromatic carbocycles. The SMILES string of the molecule is Cc1nn(-c2ccccc2)c2c1C(c1ccc(Cl)c(Cl)c1)N1C(=N2)C(Nc2ccc3c(c2)OCO3)=Nc2ccccc21. The summed E-state index contributed by atoms with van der Waals surface area (Å²) >= 11 is 13.0. The van der Waals surface area contributed by atoms with Crippen molar-refractivity contribution in [1.29, 1.82) is 0 Å². The van der Waals surface area contributed by atoms with Gasteiger partial charge in [-0.1, -0.05) is 59.6 Å². The number of amidine groups is 2. The molecule has 0 spiro atoms. The molecule has 1 unspecified atom stereocenters. The van der Waals surface area contributed by atoms with Crippen molar-refractivity contribution in [1.82, 2.24) is 9.78 Å². The normalized spacial score (nSPS) is 16.3. The van der Waals surface area contributed by atoms with Crippen molar-refractivity contribution < 1.29 is 9.47 Å². The first-order valence-electron chi connectivity index (χ1n) is 13.4. The zero-order valence-electron chi connectivity index (χ0n) is 22.3. The molecule has 1 aromatic heterocycles. The van der Waals surface area contributed by atoms with Gasteiger partial charge in [0.2, 0.25) is 6.79 Å². The molecule has 3 aliphatic rings. The van der Waals surface area contributed by atoms with Gasteiger partial charge in [0.05, 0.1) is 38.8 Å². The molecule has 1 atom stereocenters. The van der Waals surface area contributed by atoms with Crippen LogP contribution in [-0.2, 0) is 0 Å². The van der Waals surface area contributed by atoms with E-state index in [4.69, 9.17) is 47.8 Å². The second kappa shape index (κ2) is 9.65. The Morgan fingerprint density at radius 1 is 0.833 bits per heavy atom. The zero-order valence-corrected chi connectivity index (χ0v) is 23.8. The van der Waals surface area contributed by atoms with Crippen LogP contribution in [0.2, 0.25) is 10.0 Å². The molecule has 0 radical (unpaired) electrons. The first-order valence-corrected chi connectivity index (χ1v) is 14.1. The molecular formula is C32H22Cl2N6O2. The molecule has 8 nitrogen and oxygen atoms in total. The number of aromatic nitrogens is 2. The van der Waals surface area contributed by atoms with Crippen molar-refractivity contribution in [2.24, 2.45) is 9.98 Å². The van der Waals surface area contributed by atoms with Crippen LogP contribution in [0.5, 0.6) is 11.5 Å². The Bertz CT molecular complexity index is 1950. The number of aliphatic imine (C=N–C) groups is 2. The van der Waals surface area contributed by atoms with E-state index < -0.39 is 0 Å². The highest BCUT2D eigenvalue weighted by Crippen LogP contribution is 2.49. The monoisotopic (exact) mass is 592 g/mol. The topological polar surface area (TPSA) is 76.3 Å². The van der Waals surface area contributed by atoms with Gasteiger partial charge in [-0.2, -0.15) is 5.10 Å². The van der Waals surface area contributed by atoms with Crippen molar-refractivity contribution in [2.75, 3.05) is 17.0 Å². The second-order valence-electron chi connectivity index (χ2n) is 10.1. The molecule has 0 amide bonds. The van der Waals surface area contributed by atoms with Crippen molar-refractivity contribution in [3.63, 3.8) is 0 Å². The molecule has 4 heterocycles. The van der Waals surface area contributed by atoms with Gasteiger partial charge in [0.25, 0.3) is 0 Å². The smallest absolute Gasteiger partial charge is 0.231 e. The number of rotatable bonds is 3. The van der Waals surface area contributed by atoms with Crippen LogP contribution in [0.15, 0.2) is 101 Å². The lowest BCUT2D eigenvalue weighted by atomic mass is 9.93. The summed E-state index contributed by atoms with van der Waals surface area (Å²) in [6.45, 7) is 2.21. The average Bonchev–Trinajstić information content (AvgIpc) is 3.62. The molecule has 0 saturated heterocycles. The van der Waals surface area contributed by atoms with Gasteiger partial charge in [0.1, 0.15) is 0 Å². The van der Waals surface area contributed by atoms with Gasteiger partial charge in [-0.3, -0.25) is 0 Å². The molecule has 206 valence electrons. The highest BCUT2D eigenvalue weighted by molar-refractivity contribution is 6.51. The fourth-order valence-corrected chi connectivity index (χ4v) is 5.96. The average molecular weight is 593 g/mol. The van der Waals surface area contributed by atoms with Crippen LogP contribution in [-0.4, -0.2) is 28.2 Å². The summed E-state index contributed by atoms with van der Waals surface area (Å²) in [4.78, 5) is 12.5. The number of halogens is 2. The molecule has 0 aliphatic carbocycles. The van der Waals surface area contributed by atoms with E-state index in [1.165, 1.54) is 0 Å². The summed E-state index contributed by atoms with van der Waals surface area (Å²) in [5, 5.41) is 9.45. The number of fused-ring (bicyclic) bond motifs is 5. The van der Waals surface area contributed by atoms with Gasteiger partial charge < -0.3 is 19.7 Å². The van der Waals surface area contributed by atoms with Crippen LogP contribution in [0.25, 0.3) is 5.69 Å². The molecule has 8 rings (SSSR count). The highest BCUT2D eigenvalue weighted by Gasteiger charge is 2.41. The number of benzene rings is 4. The minimum absolute atomic E-state index is 0.199. The number of nitrogens with zero attached hydrogens (tertiary/aromatic N) is 5. The maximum Gasteiger partial charge on any atom is 0.231 e. The van der Waals surface area contributed by atoms with Crippen molar-refractivity contribution in [3.05, 3.63) is 118 Å². The highest BCUT2D eigenvalue weighted by atomic mass is 35.5. The van der Waals surface area contributed by atoms with Gasteiger partial charge in [-0.25, -0.2) is 14.7 Å². The Morgan fingerprint density at radius 2 is 1.64 bits per heavy atom. The lowest BCUT2D eigenvalue weighted by Gasteiger charge is -2.40. The van der Waals surface area contributed by atoms with Gasteiger partial charge in [-0.05, 0) is 61.0 Å². The largest absolute Gasteiger partial charge is 0.454 e. The molecule has 0 saturated carbocycles. The van der Waals surface area contributed by atoms with Crippen LogP contribution in [0.1, 0.15) is 22.9 Å². The van der Waals surface area contributed by atoms with Gasteiger partial charge in [0, 0.05) is 17.3 Å². The van der Waals surface area contributed by atoms with E-state index in [1.807, 2.05) is 96.5 Å². The number of anilines is 2. The minimum atomic E-state index is -0.315. The standard InChI is InChI=1S/C32H22Cl2N6O2/c1-18-28-29(19-11-13-22(33)23(34)15-19)39-25-10-6-5-9-24(25)36-30(35-20-12-14-26-27(16-20)42-17-41-26)32(39)37-31(28)40(38-18)21-7-3-2-4-8-21/h2-16,29H,17H2,1H3,(H,35,36). The maximum absolute atomic E-state index is 6.60. The molecule has 1 N–H and O–H groups in total. The molecular weight excluding hydrogens is 571 g/mol. The minimum Gasteiger partial charge on any atom is -0.454 e. The van der Waals surface area contributed by atoms with Crippen molar-refractivity contribution >= 4 is 57.8 Å². The lowest BCUT2D eigenvalue weighted by molar-refractivity contribution is 0.174. The van der Waals surface area contributed by atoms with E-state index in [9.17, 15) is 0 Å². The Hall–Kier alpha value is -4.79. The van der Waals surface area contributed by atoms with Crippen LogP contribution in [0, 0.1) is 6.92 Å². The maximum atomic E-state index is 6.60. The van der Waals surface area contributed by atoms with Crippen molar-refractivity contribution in [2.45, 2.75) is 13.0 Å². The number of nitrogens with one attached hydrogen (secondary N) is 1. The van der Waals surface area contributed by atoms with Crippen LogP contribution >= 0.6 is 23.2 Å². The Morgan fingerprint density at radius 3 is 2.50 bits per heavy atom. The first-order chi connectivity index (χ1) is 20.5. The van der Waals surface area contributed by atoms with Gasteiger partial charge >= 0.3 is 0 Å². The van der Waals surface area contributed by atoms with Gasteiger partial charge in [0.15, 0.2) is 29.0 Å². The molecule has 0 fully saturated rings. The Kier molecular flexibility index (Phi) is 5.73. The number of para-hydroxylation sites is 3. The van der Waals surface area contributed by atoms with Gasteiger partial charge in [-0.15, -0.1) is 0 Å². The fraction of sp³-hybridized carbons (Fsp3) is 0.0938. The predicted molar refractivity (Wildman–Crippen MR) is 166 cm³/mol. The summed E-state index contributed by atoms with van der Waals surface area (Å²) in [5.74, 6) is 3.34. The third kappa shape index (κ3) is 3.94. The quantitative estimate of drug-likeness (QED) is 0.229. The van der Waals surface area contributed by atoms with E-state index in [0.717, 1.165) is 45.4 Å². The predicted octanol–water partition coefficient (Wildman–Crippen LogP) is 8.01. The number of hydrogen-bond acceptors (Lipinski definition) is 7.